The number of benzene rings is 1. The maximum Gasteiger partial charge on any atom is 0.328 e. The molecule has 1 aromatic rings. The third-order valence-corrected chi connectivity index (χ3v) is 2.24. The highest BCUT2D eigenvalue weighted by atomic mass is 19.1. The number of nitrogens with one attached hydrogen (secondary N) is 1. The number of hydrogen-bond donors (Lipinski definition) is 3. The number of carbonyl (C=O) groups is 2. The van der Waals surface area contributed by atoms with Gasteiger partial charge in [-0.05, 0) is 26.0 Å². The molecule has 0 atom stereocenters. The molecule has 0 unspecified atom stereocenters. The Hall–Kier alpha value is -2.11. The molecule has 1 aromatic carbocycles. The molecule has 92 valence electrons. The third-order valence-electron chi connectivity index (χ3n) is 2.24. The molecule has 0 saturated carbocycles. The summed E-state index contributed by atoms with van der Waals surface area (Å²) in [6, 6.07) is 3.84. The van der Waals surface area contributed by atoms with Crippen LogP contribution >= 0.6 is 0 Å². The molecule has 1 amide bonds. The molecule has 0 heterocycles. The number of carboxylic acid groups (broad SMARTS) is 1. The molecule has 0 aliphatic rings. The summed E-state index contributed by atoms with van der Waals surface area (Å²) in [5, 5.41) is 11.5. The number of aliphatic carboxylic acids is 1. The minimum Gasteiger partial charge on any atom is -0.480 e. The maximum atomic E-state index is 13.4. The van der Waals surface area contributed by atoms with Crippen molar-refractivity contribution >= 4 is 17.6 Å². The lowest BCUT2D eigenvalue weighted by Crippen LogP contribution is -2.40. The van der Waals surface area contributed by atoms with Gasteiger partial charge in [0, 0.05) is 0 Å². The summed E-state index contributed by atoms with van der Waals surface area (Å²) in [5.74, 6) is -2.87. The van der Waals surface area contributed by atoms with Gasteiger partial charge in [0.1, 0.15) is 11.4 Å². The van der Waals surface area contributed by atoms with E-state index in [4.69, 9.17) is 10.8 Å². The zero-order chi connectivity index (χ0) is 13.2. The van der Waals surface area contributed by atoms with Gasteiger partial charge in [-0.15, -0.1) is 0 Å². The average molecular weight is 240 g/mol. The van der Waals surface area contributed by atoms with Crippen molar-refractivity contribution in [1.29, 1.82) is 0 Å². The highest BCUT2D eigenvalue weighted by molar-refractivity contribution is 5.99. The topological polar surface area (TPSA) is 92.4 Å². The zero-order valence-electron chi connectivity index (χ0n) is 9.45. The number of primary amides is 1. The number of hydrogen-bond acceptors (Lipinski definition) is 3. The predicted molar refractivity (Wildman–Crippen MR) is 60.3 cm³/mol. The molecule has 0 aliphatic carbocycles. The average Bonchev–Trinajstić information content (AvgIpc) is 2.15. The highest BCUT2D eigenvalue weighted by Gasteiger charge is 2.28. The van der Waals surface area contributed by atoms with E-state index in [1.807, 2.05) is 0 Å². The number of carbonyl (C=O) groups excluding carboxylic acids is 1. The molecule has 0 fully saturated rings. The Morgan fingerprint density at radius 3 is 2.47 bits per heavy atom. The first-order chi connectivity index (χ1) is 7.75. The number of rotatable bonds is 4. The van der Waals surface area contributed by atoms with Crippen LogP contribution in [0.1, 0.15) is 24.2 Å². The van der Waals surface area contributed by atoms with Crippen molar-refractivity contribution < 1.29 is 19.1 Å². The second kappa shape index (κ2) is 4.40. The summed E-state index contributed by atoms with van der Waals surface area (Å²) in [5.41, 5.74) is 3.42. The Labute approximate surface area is 97.4 Å². The first-order valence-corrected chi connectivity index (χ1v) is 4.85. The number of halogens is 1. The first kappa shape index (κ1) is 13.0. The molecule has 17 heavy (non-hydrogen) atoms. The number of nitrogens with two attached hydrogens (primary N) is 1. The fourth-order valence-corrected chi connectivity index (χ4v) is 1.27. The smallest absolute Gasteiger partial charge is 0.328 e. The van der Waals surface area contributed by atoms with E-state index in [1.165, 1.54) is 26.0 Å². The Morgan fingerprint density at radius 1 is 1.41 bits per heavy atom. The van der Waals surface area contributed by atoms with Crippen LogP contribution in [0.15, 0.2) is 18.2 Å². The van der Waals surface area contributed by atoms with Gasteiger partial charge < -0.3 is 16.2 Å². The van der Waals surface area contributed by atoms with E-state index in [-0.39, 0.29) is 11.3 Å². The van der Waals surface area contributed by atoms with Crippen LogP contribution in [0.25, 0.3) is 0 Å². The van der Waals surface area contributed by atoms with Crippen LogP contribution in [0.5, 0.6) is 0 Å². The molecule has 0 saturated heterocycles. The Kier molecular flexibility index (Phi) is 3.36. The third kappa shape index (κ3) is 2.72. The fourth-order valence-electron chi connectivity index (χ4n) is 1.27. The van der Waals surface area contributed by atoms with E-state index in [9.17, 15) is 14.0 Å². The quantitative estimate of drug-likeness (QED) is 0.737. The summed E-state index contributed by atoms with van der Waals surface area (Å²) < 4.78 is 13.4. The molecule has 1 rings (SSSR count). The van der Waals surface area contributed by atoms with Crippen LogP contribution in [-0.4, -0.2) is 22.5 Å². The van der Waals surface area contributed by atoms with Crippen molar-refractivity contribution in [3.8, 4) is 0 Å². The Balaban J connectivity index is 3.20. The Bertz CT molecular complexity index is 472. The molecular formula is C11H13FN2O3. The van der Waals surface area contributed by atoms with Gasteiger partial charge >= 0.3 is 5.97 Å². The molecular weight excluding hydrogens is 227 g/mol. The molecule has 0 aromatic heterocycles. The van der Waals surface area contributed by atoms with Gasteiger partial charge in [-0.25, -0.2) is 9.18 Å². The monoisotopic (exact) mass is 240 g/mol. The standard InChI is InChI=1S/C11H13FN2O3/c1-11(2,10(16)17)14-7-5-3-4-6(12)8(7)9(13)15/h3-5,14H,1-2H3,(H2,13,15)(H,16,17). The van der Waals surface area contributed by atoms with Gasteiger partial charge in [0.25, 0.3) is 5.91 Å². The van der Waals surface area contributed by atoms with Gasteiger partial charge in [0.2, 0.25) is 0 Å². The van der Waals surface area contributed by atoms with Gasteiger partial charge in [-0.1, -0.05) is 6.07 Å². The van der Waals surface area contributed by atoms with Crippen LogP contribution in [-0.2, 0) is 4.79 Å². The van der Waals surface area contributed by atoms with Gasteiger partial charge in [-0.2, -0.15) is 0 Å². The summed E-state index contributed by atoms with van der Waals surface area (Å²) in [6.07, 6.45) is 0. The minimum absolute atomic E-state index is 0.0601. The van der Waals surface area contributed by atoms with Gasteiger partial charge in [0.05, 0.1) is 11.3 Å². The van der Waals surface area contributed by atoms with Crippen molar-refractivity contribution in [3.63, 3.8) is 0 Å². The summed E-state index contributed by atoms with van der Waals surface area (Å²) >= 11 is 0. The van der Waals surface area contributed by atoms with Crippen molar-refractivity contribution in [2.75, 3.05) is 5.32 Å². The number of carboxylic acids is 1. The van der Waals surface area contributed by atoms with E-state index in [2.05, 4.69) is 5.32 Å². The van der Waals surface area contributed by atoms with E-state index >= 15 is 0 Å². The lowest BCUT2D eigenvalue weighted by Gasteiger charge is -2.23. The maximum absolute atomic E-state index is 13.4. The summed E-state index contributed by atoms with van der Waals surface area (Å²) in [4.78, 5) is 22.0. The van der Waals surface area contributed by atoms with Crippen molar-refractivity contribution in [3.05, 3.63) is 29.6 Å². The Morgan fingerprint density at radius 2 is 2.00 bits per heavy atom. The molecule has 0 radical (unpaired) electrons. The van der Waals surface area contributed by atoms with Crippen molar-refractivity contribution in [2.24, 2.45) is 5.73 Å². The first-order valence-electron chi connectivity index (χ1n) is 4.85. The second-order valence-corrected chi connectivity index (χ2v) is 4.08. The predicted octanol–water partition coefficient (Wildman–Crippen LogP) is 1.20. The molecule has 5 nitrogen and oxygen atoms in total. The van der Waals surface area contributed by atoms with E-state index < -0.39 is 23.2 Å². The summed E-state index contributed by atoms with van der Waals surface area (Å²) in [7, 11) is 0. The molecule has 0 bridgehead atoms. The van der Waals surface area contributed by atoms with Crippen LogP contribution in [0, 0.1) is 5.82 Å². The van der Waals surface area contributed by atoms with Crippen LogP contribution in [0.3, 0.4) is 0 Å². The molecule has 0 spiro atoms. The zero-order valence-corrected chi connectivity index (χ0v) is 9.45. The van der Waals surface area contributed by atoms with Gasteiger partial charge in [0.15, 0.2) is 0 Å². The second-order valence-electron chi connectivity index (χ2n) is 4.08. The molecule has 4 N–H and O–H groups in total. The van der Waals surface area contributed by atoms with Gasteiger partial charge in [-0.3, -0.25) is 4.79 Å². The number of amides is 1. The lowest BCUT2D eigenvalue weighted by atomic mass is 10.0. The highest BCUT2D eigenvalue weighted by Crippen LogP contribution is 2.22. The lowest BCUT2D eigenvalue weighted by molar-refractivity contribution is -0.141. The minimum atomic E-state index is -1.34. The van der Waals surface area contributed by atoms with Crippen molar-refractivity contribution in [1.82, 2.24) is 0 Å². The normalized spacial score (nSPS) is 11.0. The summed E-state index contributed by atoms with van der Waals surface area (Å²) in [6.45, 7) is 2.79. The van der Waals surface area contributed by atoms with Crippen molar-refractivity contribution in [2.45, 2.75) is 19.4 Å². The SMILES string of the molecule is CC(C)(Nc1cccc(F)c1C(N)=O)C(=O)O. The van der Waals surface area contributed by atoms with E-state index in [1.54, 1.807) is 0 Å². The van der Waals surface area contributed by atoms with Crippen LogP contribution < -0.4 is 11.1 Å². The number of anilines is 1. The van der Waals surface area contributed by atoms with Crippen LogP contribution in [0.4, 0.5) is 10.1 Å². The molecule has 0 aliphatic heterocycles. The van der Waals surface area contributed by atoms with E-state index in [0.29, 0.717) is 0 Å². The largest absolute Gasteiger partial charge is 0.480 e. The van der Waals surface area contributed by atoms with E-state index in [0.717, 1.165) is 6.07 Å². The van der Waals surface area contributed by atoms with Crippen LogP contribution in [0.2, 0.25) is 0 Å². The fraction of sp³-hybridized carbons (Fsp3) is 0.273. The molecule has 6 heteroatoms.